The van der Waals surface area contributed by atoms with Crippen LogP contribution in [0.2, 0.25) is 18.1 Å². The highest BCUT2D eigenvalue weighted by molar-refractivity contribution is 7.90. The fraction of sp³-hybridized carbons (Fsp3) is 0.513. The molecule has 4 aromatic rings. The van der Waals surface area contributed by atoms with Crippen molar-refractivity contribution >= 4 is 36.6 Å². The van der Waals surface area contributed by atoms with Crippen LogP contribution in [0.25, 0.3) is 22.2 Å². The first kappa shape index (κ1) is 37.9. The molecule has 7 rings (SSSR count). The van der Waals surface area contributed by atoms with Crippen LogP contribution in [0, 0.1) is 5.82 Å². The Kier molecular flexibility index (Phi) is 8.97. The average Bonchev–Trinajstić information content (AvgIpc) is 3.55. The van der Waals surface area contributed by atoms with Crippen LogP contribution in [0.4, 0.5) is 13.2 Å². The number of ether oxygens (including phenoxy) is 1. The number of amides is 1. The van der Waals surface area contributed by atoms with Crippen molar-refractivity contribution in [2.24, 2.45) is 0 Å². The number of rotatable bonds is 8. The molecule has 2 aliphatic heterocycles. The molecule has 2 aromatic heterocycles. The average molecular weight is 768 g/mol. The van der Waals surface area contributed by atoms with Crippen LogP contribution >= 0.6 is 0 Å². The van der Waals surface area contributed by atoms with Crippen molar-refractivity contribution in [3.05, 3.63) is 77.1 Å². The first-order valence-electron chi connectivity index (χ1n) is 18.0. The second kappa shape index (κ2) is 12.6. The van der Waals surface area contributed by atoms with Crippen molar-refractivity contribution in [2.45, 2.75) is 120 Å². The molecule has 4 heterocycles. The topological polar surface area (TPSA) is 105 Å². The van der Waals surface area contributed by atoms with E-state index in [2.05, 4.69) is 38.6 Å². The van der Waals surface area contributed by atoms with Gasteiger partial charge in [-0.15, -0.1) is 4.72 Å². The summed E-state index contributed by atoms with van der Waals surface area (Å²) in [6.07, 6.45) is 2.89. The number of hydrogen-bond acceptors (Lipinski definition) is 7. The van der Waals surface area contributed by atoms with Crippen molar-refractivity contribution in [2.75, 3.05) is 7.05 Å². The highest BCUT2D eigenvalue weighted by Crippen LogP contribution is 2.55. The number of carbonyl (C=O) groups excluding carboxylic acids is 1. The summed E-state index contributed by atoms with van der Waals surface area (Å²) in [5.74, 6) is -0.216. The van der Waals surface area contributed by atoms with E-state index in [0.717, 1.165) is 0 Å². The molecule has 14 heteroatoms. The molecule has 1 N–H and O–H groups in total. The van der Waals surface area contributed by atoms with Gasteiger partial charge in [0.2, 0.25) is 0 Å². The predicted octanol–water partition coefficient (Wildman–Crippen LogP) is 8.78. The van der Waals surface area contributed by atoms with Gasteiger partial charge in [0.05, 0.1) is 28.7 Å². The standard InChI is InChI=1S/C39H48F3N5O4SSi/c1-36(2,3)52(49)45-39(20-38(7,21-39)51-53(9,10)37(4,5)6)32-25(40)16-23(19-43-32)22-14-15-26-27(17-22)47-28-18-29(33(47)44-26)46(8)34(48)24-12-11-13-30(31(24)28)50-35(41)42/h11-17,19,28-29,35,45H,18,20-21H2,1-10H3/t28-,29-,38-,39+,52?/m1/s1. The van der Waals surface area contributed by atoms with Crippen LogP contribution in [0.5, 0.6) is 5.75 Å². The first-order chi connectivity index (χ1) is 24.5. The fourth-order valence-corrected chi connectivity index (χ4v) is 10.7. The third-order valence-corrected chi connectivity index (χ3v) is 17.8. The van der Waals surface area contributed by atoms with E-state index >= 15 is 4.39 Å². The number of nitrogens with zero attached hydrogens (tertiary/aromatic N) is 4. The van der Waals surface area contributed by atoms with E-state index < -0.39 is 54.0 Å². The first-order valence-corrected chi connectivity index (χ1v) is 22.0. The molecular formula is C39H48F3N5O4SSi. The van der Waals surface area contributed by atoms with Crippen LogP contribution in [0.15, 0.2) is 48.7 Å². The molecule has 2 aromatic carbocycles. The number of aromatic nitrogens is 3. The van der Waals surface area contributed by atoms with E-state index in [4.69, 9.17) is 19.1 Å². The van der Waals surface area contributed by atoms with E-state index in [1.165, 1.54) is 12.1 Å². The predicted molar refractivity (Wildman–Crippen MR) is 202 cm³/mol. The number of nitrogens with one attached hydrogen (secondary N) is 1. The Morgan fingerprint density at radius 1 is 1.06 bits per heavy atom. The molecule has 3 aliphatic rings. The molecule has 2 bridgehead atoms. The summed E-state index contributed by atoms with van der Waals surface area (Å²) >= 11 is -1.51. The quantitative estimate of drug-likeness (QED) is 0.141. The normalized spacial score (nSPS) is 25.0. The second-order valence-corrected chi connectivity index (χ2v) is 24.3. The Labute approximate surface area is 313 Å². The van der Waals surface area contributed by atoms with E-state index in [9.17, 15) is 18.1 Å². The van der Waals surface area contributed by atoms with Gasteiger partial charge in [-0.05, 0) is 81.7 Å². The van der Waals surface area contributed by atoms with Gasteiger partial charge in [0.15, 0.2) is 8.32 Å². The molecular weight excluding hydrogens is 720 g/mol. The van der Waals surface area contributed by atoms with E-state index in [1.807, 2.05) is 50.5 Å². The Bertz CT molecular complexity index is 2110. The zero-order chi connectivity index (χ0) is 38.6. The largest absolute Gasteiger partial charge is 0.598 e. The number of imidazole rings is 1. The fourth-order valence-electron chi connectivity index (χ4n) is 8.09. The second-order valence-electron chi connectivity index (χ2n) is 17.6. The van der Waals surface area contributed by atoms with Crippen LogP contribution < -0.4 is 9.46 Å². The maximum atomic E-state index is 16.5. The summed E-state index contributed by atoms with van der Waals surface area (Å²) in [5, 5.41) is -0.0195. The van der Waals surface area contributed by atoms with Gasteiger partial charge < -0.3 is 23.2 Å². The third-order valence-electron chi connectivity index (χ3n) is 11.5. The number of pyridine rings is 1. The minimum Gasteiger partial charge on any atom is -0.598 e. The van der Waals surface area contributed by atoms with Gasteiger partial charge in [-0.25, -0.2) is 9.37 Å². The summed E-state index contributed by atoms with van der Waals surface area (Å²) in [6.45, 7) is 15.5. The molecule has 1 aliphatic carbocycles. The molecule has 0 spiro atoms. The number of carbonyl (C=O) groups is 1. The Balaban J connectivity index is 1.27. The lowest BCUT2D eigenvalue weighted by molar-refractivity contribution is -0.0720. The summed E-state index contributed by atoms with van der Waals surface area (Å²) in [4.78, 5) is 24.7. The molecule has 53 heavy (non-hydrogen) atoms. The van der Waals surface area contributed by atoms with Crippen molar-refractivity contribution < 1.29 is 31.7 Å². The summed E-state index contributed by atoms with van der Waals surface area (Å²) in [7, 11) is -0.480. The number of hydrogen-bond donors (Lipinski definition) is 1. The highest BCUT2D eigenvalue weighted by atomic mass is 32.2. The lowest BCUT2D eigenvalue weighted by atomic mass is 9.64. The Hall–Kier alpha value is -3.43. The lowest BCUT2D eigenvalue weighted by Crippen LogP contribution is -2.67. The van der Waals surface area contributed by atoms with Crippen molar-refractivity contribution in [1.82, 2.24) is 24.2 Å². The van der Waals surface area contributed by atoms with Crippen molar-refractivity contribution in [3.8, 4) is 16.9 Å². The van der Waals surface area contributed by atoms with Crippen LogP contribution in [-0.2, 0) is 21.3 Å². The lowest BCUT2D eigenvalue weighted by Gasteiger charge is -2.57. The summed E-state index contributed by atoms with van der Waals surface area (Å²) in [6, 6.07) is 10.8. The molecule has 1 amide bonds. The van der Waals surface area contributed by atoms with Gasteiger partial charge >= 0.3 is 6.61 Å². The van der Waals surface area contributed by atoms with Crippen LogP contribution in [0.3, 0.4) is 0 Å². The summed E-state index contributed by atoms with van der Waals surface area (Å²) in [5.41, 5.74) is 1.92. The Morgan fingerprint density at radius 2 is 1.75 bits per heavy atom. The zero-order valence-corrected chi connectivity index (χ0v) is 33.8. The summed E-state index contributed by atoms with van der Waals surface area (Å²) < 4.78 is 73.6. The molecule has 9 nitrogen and oxygen atoms in total. The number of benzene rings is 2. The van der Waals surface area contributed by atoms with E-state index in [0.29, 0.717) is 58.4 Å². The molecule has 1 fully saturated rings. The molecule has 0 radical (unpaired) electrons. The number of alkyl halides is 2. The van der Waals surface area contributed by atoms with E-state index in [-0.39, 0.29) is 28.4 Å². The van der Waals surface area contributed by atoms with Crippen molar-refractivity contribution in [3.63, 3.8) is 0 Å². The van der Waals surface area contributed by atoms with Crippen molar-refractivity contribution in [1.29, 1.82) is 0 Å². The Morgan fingerprint density at radius 3 is 2.38 bits per heavy atom. The molecule has 1 unspecified atom stereocenters. The molecule has 284 valence electrons. The molecule has 0 saturated heterocycles. The zero-order valence-electron chi connectivity index (χ0n) is 31.9. The minimum atomic E-state index is -3.06. The smallest absolute Gasteiger partial charge is 0.387 e. The van der Waals surface area contributed by atoms with Gasteiger partial charge in [0, 0.05) is 60.6 Å². The van der Waals surface area contributed by atoms with E-state index in [1.54, 1.807) is 30.3 Å². The van der Waals surface area contributed by atoms with Crippen LogP contribution in [0.1, 0.15) is 107 Å². The van der Waals surface area contributed by atoms with Crippen LogP contribution in [-0.4, -0.2) is 62.2 Å². The monoisotopic (exact) mass is 767 g/mol. The highest BCUT2D eigenvalue weighted by Gasteiger charge is 2.61. The third kappa shape index (κ3) is 6.37. The van der Waals surface area contributed by atoms with Gasteiger partial charge in [-0.1, -0.05) is 32.9 Å². The van der Waals surface area contributed by atoms with Gasteiger partial charge in [-0.2, -0.15) is 8.78 Å². The van der Waals surface area contributed by atoms with Gasteiger partial charge in [-0.3, -0.25) is 9.78 Å². The number of halogens is 3. The maximum Gasteiger partial charge on any atom is 0.387 e. The number of fused-ring (bicyclic) bond motifs is 9. The van der Waals surface area contributed by atoms with Gasteiger partial charge in [0.25, 0.3) is 5.91 Å². The maximum absolute atomic E-state index is 16.5. The SMILES string of the molecule is CN1C(=O)c2cccc(OC(F)F)c2[C@H]2C[C@@H]1c1nc3ccc(-c4cnc([C@]5(N[S+]([O-])C(C)(C)C)C[C@@](C)(O[Si](C)(C)C(C)(C)C)C5)c(F)c4)cc3n12. The van der Waals surface area contributed by atoms with Gasteiger partial charge in [0.1, 0.15) is 33.4 Å². The minimum absolute atomic E-state index is 0.0195. The molecule has 3 atom stereocenters. The molecule has 1 saturated carbocycles.